The van der Waals surface area contributed by atoms with Crippen LogP contribution in [0.2, 0.25) is 0 Å². The summed E-state index contributed by atoms with van der Waals surface area (Å²) in [6.45, 7) is 1.02. The van der Waals surface area contributed by atoms with Crippen LogP contribution in [0, 0.1) is 5.82 Å². The molecule has 1 aliphatic rings. The minimum Gasteiger partial charge on any atom is -0.356 e. The van der Waals surface area contributed by atoms with Crippen LogP contribution in [-0.2, 0) is 11.3 Å². The number of fused-ring (bicyclic) bond motifs is 1. The lowest BCUT2D eigenvalue weighted by molar-refractivity contribution is -0.116. The fourth-order valence-corrected chi connectivity index (χ4v) is 3.54. The maximum Gasteiger partial charge on any atom is 0.225 e. The summed E-state index contributed by atoms with van der Waals surface area (Å²) in [5, 5.41) is 9.32. The van der Waals surface area contributed by atoms with Crippen molar-refractivity contribution in [2.75, 3.05) is 18.9 Å². The summed E-state index contributed by atoms with van der Waals surface area (Å²) in [6.07, 6.45) is 0.428. The molecule has 2 aromatic carbocycles. The van der Waals surface area contributed by atoms with Gasteiger partial charge in [0.2, 0.25) is 5.91 Å². The number of hydrogen-bond donors (Lipinski definition) is 3. The molecule has 3 rings (SSSR count). The number of rotatable bonds is 4. The number of benzene rings is 2. The molecule has 26 heavy (non-hydrogen) atoms. The van der Waals surface area contributed by atoms with Gasteiger partial charge in [-0.1, -0.05) is 34.1 Å². The predicted molar refractivity (Wildman–Crippen MR) is 105 cm³/mol. The molecule has 1 heterocycles. The number of para-hydroxylation sites is 1. The van der Waals surface area contributed by atoms with Gasteiger partial charge in [0, 0.05) is 42.6 Å². The maximum atomic E-state index is 13.5. The average molecular weight is 419 g/mol. The Morgan fingerprint density at radius 3 is 2.88 bits per heavy atom. The normalized spacial score (nSPS) is 16.7. The van der Waals surface area contributed by atoms with Gasteiger partial charge in [-0.15, -0.1) is 0 Å². The number of hydrogen-bond acceptors (Lipinski definition) is 2. The molecule has 0 saturated carbocycles. The highest BCUT2D eigenvalue weighted by Gasteiger charge is 2.24. The zero-order valence-corrected chi connectivity index (χ0v) is 15.9. The van der Waals surface area contributed by atoms with Crippen molar-refractivity contribution in [1.82, 2.24) is 10.6 Å². The van der Waals surface area contributed by atoms with Gasteiger partial charge in [0.1, 0.15) is 5.82 Å². The number of guanidine groups is 1. The standard InChI is InChI=1S/C19H20BrFN4O/c1-22-19(23-10-12-6-14(20)9-15(21)7-12)24-11-13-8-18(26)25-17-5-3-2-4-16(13)17/h2-7,9,13H,8,10-11H2,1H3,(H,25,26)(H2,22,23,24). The van der Waals surface area contributed by atoms with Crippen molar-refractivity contribution in [3.05, 3.63) is 63.9 Å². The van der Waals surface area contributed by atoms with Crippen LogP contribution in [-0.4, -0.2) is 25.5 Å². The SMILES string of the molecule is CN=C(NCc1cc(F)cc(Br)c1)NCC1CC(=O)Nc2ccccc21. The molecule has 0 aliphatic carbocycles. The van der Waals surface area contributed by atoms with Crippen LogP contribution in [0.25, 0.3) is 0 Å². The van der Waals surface area contributed by atoms with Gasteiger partial charge in [-0.25, -0.2) is 4.39 Å². The van der Waals surface area contributed by atoms with Crippen LogP contribution in [0.3, 0.4) is 0 Å². The Bertz CT molecular complexity index is 820. The number of amides is 1. The molecule has 0 saturated heterocycles. The van der Waals surface area contributed by atoms with Crippen molar-refractivity contribution >= 4 is 33.5 Å². The molecule has 1 unspecified atom stereocenters. The minimum absolute atomic E-state index is 0.0167. The van der Waals surface area contributed by atoms with Crippen molar-refractivity contribution in [3.63, 3.8) is 0 Å². The van der Waals surface area contributed by atoms with Crippen molar-refractivity contribution in [2.45, 2.75) is 18.9 Å². The van der Waals surface area contributed by atoms with Gasteiger partial charge in [-0.05, 0) is 35.4 Å². The Kier molecular flexibility index (Phi) is 5.88. The fraction of sp³-hybridized carbons (Fsp3) is 0.263. The van der Waals surface area contributed by atoms with Gasteiger partial charge in [0.25, 0.3) is 0 Å². The number of nitrogens with zero attached hydrogens (tertiary/aromatic N) is 1. The Balaban J connectivity index is 1.60. The molecular weight excluding hydrogens is 399 g/mol. The zero-order chi connectivity index (χ0) is 18.5. The van der Waals surface area contributed by atoms with E-state index in [0.717, 1.165) is 16.8 Å². The van der Waals surface area contributed by atoms with Gasteiger partial charge in [0.15, 0.2) is 5.96 Å². The third kappa shape index (κ3) is 4.60. The van der Waals surface area contributed by atoms with E-state index >= 15 is 0 Å². The zero-order valence-electron chi connectivity index (χ0n) is 14.4. The summed E-state index contributed by atoms with van der Waals surface area (Å²) in [5.74, 6) is 0.405. The van der Waals surface area contributed by atoms with Crippen LogP contribution in [0.4, 0.5) is 10.1 Å². The number of halogens is 2. The molecule has 2 aromatic rings. The summed E-state index contributed by atoms with van der Waals surface area (Å²) in [6, 6.07) is 12.6. The smallest absolute Gasteiger partial charge is 0.225 e. The Labute approximate surface area is 160 Å². The van der Waals surface area contributed by atoms with E-state index in [0.29, 0.717) is 29.9 Å². The lowest BCUT2D eigenvalue weighted by Crippen LogP contribution is -2.40. The third-order valence-corrected chi connectivity index (χ3v) is 4.69. The first-order valence-corrected chi connectivity index (χ1v) is 9.12. The maximum absolute atomic E-state index is 13.5. The second-order valence-corrected chi connectivity index (χ2v) is 7.04. The summed E-state index contributed by atoms with van der Waals surface area (Å²) in [4.78, 5) is 16.1. The number of nitrogens with one attached hydrogen (secondary N) is 3. The molecule has 136 valence electrons. The highest BCUT2D eigenvalue weighted by Crippen LogP contribution is 2.31. The van der Waals surface area contributed by atoms with Crippen molar-refractivity contribution in [3.8, 4) is 0 Å². The monoisotopic (exact) mass is 418 g/mol. The number of carbonyl (C=O) groups excluding carboxylic acids is 1. The van der Waals surface area contributed by atoms with E-state index in [-0.39, 0.29) is 17.6 Å². The largest absolute Gasteiger partial charge is 0.356 e. The molecule has 0 radical (unpaired) electrons. The van der Waals surface area contributed by atoms with Crippen LogP contribution >= 0.6 is 15.9 Å². The van der Waals surface area contributed by atoms with E-state index in [9.17, 15) is 9.18 Å². The predicted octanol–water partition coefficient (Wildman–Crippen LogP) is 3.38. The number of carbonyl (C=O) groups is 1. The molecular formula is C19H20BrFN4O. The van der Waals surface area contributed by atoms with Gasteiger partial charge in [-0.3, -0.25) is 9.79 Å². The van der Waals surface area contributed by atoms with Gasteiger partial charge in [-0.2, -0.15) is 0 Å². The molecule has 0 spiro atoms. The molecule has 0 fully saturated rings. The molecule has 0 aromatic heterocycles. The lowest BCUT2D eigenvalue weighted by atomic mass is 9.90. The van der Waals surface area contributed by atoms with E-state index in [1.807, 2.05) is 30.3 Å². The summed E-state index contributed by atoms with van der Waals surface area (Å²) >= 11 is 3.29. The molecule has 1 amide bonds. The molecule has 0 bridgehead atoms. The molecule has 5 nitrogen and oxygen atoms in total. The Morgan fingerprint density at radius 2 is 2.12 bits per heavy atom. The second-order valence-electron chi connectivity index (χ2n) is 6.12. The molecule has 1 atom stereocenters. The van der Waals surface area contributed by atoms with Crippen LogP contribution < -0.4 is 16.0 Å². The van der Waals surface area contributed by atoms with E-state index < -0.39 is 0 Å². The highest BCUT2D eigenvalue weighted by molar-refractivity contribution is 9.10. The summed E-state index contributed by atoms with van der Waals surface area (Å²) < 4.78 is 14.2. The van der Waals surface area contributed by atoms with Gasteiger partial charge < -0.3 is 16.0 Å². The minimum atomic E-state index is -0.288. The average Bonchev–Trinajstić information content (AvgIpc) is 2.60. The fourth-order valence-electron chi connectivity index (χ4n) is 3.02. The number of anilines is 1. The topological polar surface area (TPSA) is 65.5 Å². The first-order chi connectivity index (χ1) is 12.5. The first kappa shape index (κ1) is 18.4. The van der Waals surface area contributed by atoms with E-state index in [1.54, 1.807) is 7.05 Å². The second kappa shape index (κ2) is 8.31. The number of aliphatic imine (C=N–C) groups is 1. The van der Waals surface area contributed by atoms with E-state index in [1.165, 1.54) is 12.1 Å². The van der Waals surface area contributed by atoms with E-state index in [4.69, 9.17) is 0 Å². The molecule has 1 aliphatic heterocycles. The van der Waals surface area contributed by atoms with Crippen molar-refractivity contribution < 1.29 is 9.18 Å². The highest BCUT2D eigenvalue weighted by atomic mass is 79.9. The Hall–Kier alpha value is -2.41. The molecule has 3 N–H and O–H groups in total. The van der Waals surface area contributed by atoms with Crippen LogP contribution in [0.15, 0.2) is 51.9 Å². The van der Waals surface area contributed by atoms with Crippen LogP contribution in [0.1, 0.15) is 23.5 Å². The lowest BCUT2D eigenvalue weighted by Gasteiger charge is -2.26. The van der Waals surface area contributed by atoms with Crippen LogP contribution in [0.5, 0.6) is 0 Å². The van der Waals surface area contributed by atoms with E-state index in [2.05, 4.69) is 36.9 Å². The summed E-state index contributed by atoms with van der Waals surface area (Å²) in [7, 11) is 1.68. The quantitative estimate of drug-likeness (QED) is 0.526. The first-order valence-electron chi connectivity index (χ1n) is 8.33. The van der Waals surface area contributed by atoms with Crippen molar-refractivity contribution in [1.29, 1.82) is 0 Å². The van der Waals surface area contributed by atoms with Gasteiger partial charge >= 0.3 is 0 Å². The van der Waals surface area contributed by atoms with Gasteiger partial charge in [0.05, 0.1) is 0 Å². The third-order valence-electron chi connectivity index (χ3n) is 4.23. The summed E-state index contributed by atoms with van der Waals surface area (Å²) in [5.41, 5.74) is 2.79. The molecule has 7 heteroatoms. The van der Waals surface area contributed by atoms with Crippen molar-refractivity contribution in [2.24, 2.45) is 4.99 Å². The Morgan fingerprint density at radius 1 is 1.31 bits per heavy atom.